The average Bonchev–Trinajstić information content (AvgIpc) is 2.80. The highest BCUT2D eigenvalue weighted by Crippen LogP contribution is 2.38. The van der Waals surface area contributed by atoms with Crippen LogP contribution in [0, 0.1) is 11.8 Å². The zero-order valence-corrected chi connectivity index (χ0v) is 12.7. The van der Waals surface area contributed by atoms with Gasteiger partial charge in [-0.15, -0.1) is 22.9 Å². The molecule has 0 bridgehead atoms. The van der Waals surface area contributed by atoms with Crippen LogP contribution in [0.1, 0.15) is 51.2 Å². The summed E-state index contributed by atoms with van der Waals surface area (Å²) in [7, 11) is 0. The molecule has 2 rings (SSSR count). The molecule has 0 radical (unpaired) electrons. The normalized spacial score (nSPS) is 29.8. The van der Waals surface area contributed by atoms with Gasteiger partial charge < -0.3 is 0 Å². The number of hydrogen-bond acceptors (Lipinski definition) is 2. The lowest BCUT2D eigenvalue weighted by Crippen LogP contribution is -2.14. The second-order valence-electron chi connectivity index (χ2n) is 6.29. The molecule has 0 N–H and O–H groups in total. The molecule has 1 heterocycles. The summed E-state index contributed by atoms with van der Waals surface area (Å²) in [6, 6.07) is 0. The predicted molar refractivity (Wildman–Crippen MR) is 76.0 cm³/mol. The summed E-state index contributed by atoms with van der Waals surface area (Å²) >= 11 is 8.10. The molecule has 0 spiro atoms. The van der Waals surface area contributed by atoms with Gasteiger partial charge in [0.2, 0.25) is 0 Å². The SMILES string of the molecule is CC1C(Cl)CCC1Cc1nc(C(C)(C)C)cs1. The van der Waals surface area contributed by atoms with Gasteiger partial charge in [0.15, 0.2) is 0 Å². The first-order valence-electron chi connectivity index (χ1n) is 6.47. The molecule has 1 fully saturated rings. The molecule has 0 aromatic carbocycles. The molecule has 17 heavy (non-hydrogen) atoms. The molecule has 1 aromatic heterocycles. The van der Waals surface area contributed by atoms with Gasteiger partial charge in [-0.2, -0.15) is 0 Å². The van der Waals surface area contributed by atoms with Crippen molar-refractivity contribution in [2.75, 3.05) is 0 Å². The molecule has 1 nitrogen and oxygen atoms in total. The van der Waals surface area contributed by atoms with Crippen molar-refractivity contribution in [3.63, 3.8) is 0 Å². The zero-order chi connectivity index (χ0) is 12.6. The molecule has 3 atom stereocenters. The van der Waals surface area contributed by atoms with E-state index in [4.69, 9.17) is 16.6 Å². The smallest absolute Gasteiger partial charge is 0.0931 e. The van der Waals surface area contributed by atoms with Crippen molar-refractivity contribution in [1.29, 1.82) is 0 Å². The van der Waals surface area contributed by atoms with Crippen molar-refractivity contribution >= 4 is 22.9 Å². The minimum atomic E-state index is 0.172. The first-order valence-corrected chi connectivity index (χ1v) is 7.78. The maximum atomic E-state index is 6.28. The van der Waals surface area contributed by atoms with Crippen LogP contribution in [-0.2, 0) is 11.8 Å². The van der Waals surface area contributed by atoms with E-state index in [2.05, 4.69) is 33.1 Å². The average molecular weight is 272 g/mol. The molecule has 3 unspecified atom stereocenters. The number of aromatic nitrogens is 1. The number of halogens is 1. The Hall–Kier alpha value is -0.0800. The largest absolute Gasteiger partial charge is 0.246 e. The van der Waals surface area contributed by atoms with Crippen LogP contribution in [0.3, 0.4) is 0 Å². The van der Waals surface area contributed by atoms with Gasteiger partial charge in [0.05, 0.1) is 10.7 Å². The van der Waals surface area contributed by atoms with Crippen LogP contribution in [0.4, 0.5) is 0 Å². The van der Waals surface area contributed by atoms with E-state index in [0.29, 0.717) is 11.3 Å². The summed E-state index contributed by atoms with van der Waals surface area (Å²) in [6.07, 6.45) is 3.55. The summed E-state index contributed by atoms with van der Waals surface area (Å²) in [4.78, 5) is 4.78. The number of thiazole rings is 1. The fourth-order valence-corrected chi connectivity index (χ4v) is 3.90. The Labute approximate surface area is 114 Å². The highest BCUT2D eigenvalue weighted by molar-refractivity contribution is 7.09. The van der Waals surface area contributed by atoms with Gasteiger partial charge >= 0.3 is 0 Å². The Morgan fingerprint density at radius 1 is 1.41 bits per heavy atom. The summed E-state index contributed by atoms with van der Waals surface area (Å²) in [6.45, 7) is 8.95. The summed E-state index contributed by atoms with van der Waals surface area (Å²) < 4.78 is 0. The van der Waals surface area contributed by atoms with E-state index >= 15 is 0 Å². The van der Waals surface area contributed by atoms with Gasteiger partial charge in [0, 0.05) is 22.6 Å². The number of alkyl halides is 1. The van der Waals surface area contributed by atoms with E-state index in [1.165, 1.54) is 23.5 Å². The van der Waals surface area contributed by atoms with Crippen LogP contribution in [0.15, 0.2) is 5.38 Å². The van der Waals surface area contributed by atoms with Gasteiger partial charge in [0.25, 0.3) is 0 Å². The predicted octanol–water partition coefficient (Wildman–Crippen LogP) is 4.64. The number of hydrogen-bond donors (Lipinski definition) is 0. The van der Waals surface area contributed by atoms with Crippen molar-refractivity contribution in [1.82, 2.24) is 4.98 Å². The standard InChI is InChI=1S/C14H22ClNS/c1-9-10(5-6-11(9)15)7-13-16-12(8-17-13)14(2,3)4/h8-11H,5-7H2,1-4H3. The van der Waals surface area contributed by atoms with Crippen LogP contribution >= 0.6 is 22.9 Å². The molecule has 0 amide bonds. The molecule has 1 saturated carbocycles. The van der Waals surface area contributed by atoms with E-state index < -0.39 is 0 Å². The third kappa shape index (κ3) is 3.03. The fourth-order valence-electron chi connectivity index (χ4n) is 2.46. The molecular formula is C14H22ClNS. The van der Waals surface area contributed by atoms with Crippen LogP contribution in [0.2, 0.25) is 0 Å². The Balaban J connectivity index is 2.03. The first-order chi connectivity index (χ1) is 7.88. The van der Waals surface area contributed by atoms with Gasteiger partial charge in [-0.1, -0.05) is 27.7 Å². The molecule has 3 heteroatoms. The minimum absolute atomic E-state index is 0.172. The second-order valence-corrected chi connectivity index (χ2v) is 7.80. The van der Waals surface area contributed by atoms with Crippen LogP contribution in [0.25, 0.3) is 0 Å². The molecule has 96 valence electrons. The highest BCUT2D eigenvalue weighted by atomic mass is 35.5. The quantitative estimate of drug-likeness (QED) is 0.715. The maximum Gasteiger partial charge on any atom is 0.0931 e. The maximum absolute atomic E-state index is 6.28. The summed E-state index contributed by atoms with van der Waals surface area (Å²) in [5, 5.41) is 3.88. The monoisotopic (exact) mass is 271 g/mol. The Morgan fingerprint density at radius 2 is 2.12 bits per heavy atom. The molecule has 1 aliphatic carbocycles. The minimum Gasteiger partial charge on any atom is -0.246 e. The summed E-state index contributed by atoms with van der Waals surface area (Å²) in [5.74, 6) is 1.37. The Kier molecular flexibility index (Phi) is 3.84. The van der Waals surface area contributed by atoms with Crippen molar-refractivity contribution in [3.05, 3.63) is 16.1 Å². The molecular weight excluding hydrogens is 250 g/mol. The highest BCUT2D eigenvalue weighted by Gasteiger charge is 2.32. The Morgan fingerprint density at radius 3 is 2.59 bits per heavy atom. The second kappa shape index (κ2) is 4.89. The number of rotatable bonds is 2. The van der Waals surface area contributed by atoms with E-state index in [-0.39, 0.29) is 5.41 Å². The van der Waals surface area contributed by atoms with Gasteiger partial charge in [0.1, 0.15) is 0 Å². The number of nitrogens with zero attached hydrogens (tertiary/aromatic N) is 1. The third-order valence-corrected chi connectivity index (χ3v) is 5.37. The van der Waals surface area contributed by atoms with E-state index in [0.717, 1.165) is 12.3 Å². The van der Waals surface area contributed by atoms with Gasteiger partial charge in [-0.05, 0) is 24.7 Å². The van der Waals surface area contributed by atoms with Gasteiger partial charge in [-0.25, -0.2) is 4.98 Å². The first kappa shape index (κ1) is 13.4. The molecule has 0 saturated heterocycles. The van der Waals surface area contributed by atoms with Crippen LogP contribution in [0.5, 0.6) is 0 Å². The van der Waals surface area contributed by atoms with E-state index in [1.807, 2.05) is 11.3 Å². The van der Waals surface area contributed by atoms with Crippen molar-refractivity contribution < 1.29 is 0 Å². The van der Waals surface area contributed by atoms with Gasteiger partial charge in [-0.3, -0.25) is 0 Å². The zero-order valence-electron chi connectivity index (χ0n) is 11.2. The lowest BCUT2D eigenvalue weighted by molar-refractivity contribution is 0.418. The fraction of sp³-hybridized carbons (Fsp3) is 0.786. The lowest BCUT2D eigenvalue weighted by atomic mass is 9.93. The lowest BCUT2D eigenvalue weighted by Gasteiger charge is -2.16. The molecule has 1 aliphatic rings. The van der Waals surface area contributed by atoms with E-state index in [1.54, 1.807) is 0 Å². The summed E-state index contributed by atoms with van der Waals surface area (Å²) in [5.41, 5.74) is 1.40. The topological polar surface area (TPSA) is 12.9 Å². The van der Waals surface area contributed by atoms with Crippen LogP contribution < -0.4 is 0 Å². The van der Waals surface area contributed by atoms with Crippen molar-refractivity contribution in [3.8, 4) is 0 Å². The molecule has 1 aromatic rings. The van der Waals surface area contributed by atoms with E-state index in [9.17, 15) is 0 Å². The molecule has 0 aliphatic heterocycles. The third-order valence-electron chi connectivity index (χ3n) is 3.88. The van der Waals surface area contributed by atoms with Crippen molar-refractivity contribution in [2.24, 2.45) is 11.8 Å². The Bertz CT molecular complexity index is 380. The van der Waals surface area contributed by atoms with Crippen molar-refractivity contribution in [2.45, 2.75) is 57.7 Å². The van der Waals surface area contributed by atoms with Crippen LogP contribution in [-0.4, -0.2) is 10.4 Å².